The summed E-state index contributed by atoms with van der Waals surface area (Å²) in [5.74, 6) is -0.381. The van der Waals surface area contributed by atoms with Gasteiger partial charge in [0.2, 0.25) is 0 Å². The number of halogens is 3. The molecule has 0 heterocycles. The van der Waals surface area contributed by atoms with Crippen LogP contribution in [-0.4, -0.2) is 5.11 Å². The van der Waals surface area contributed by atoms with E-state index in [1.807, 2.05) is 0 Å². The van der Waals surface area contributed by atoms with Crippen LogP contribution in [0.3, 0.4) is 0 Å². The Hall–Kier alpha value is -0.120. The van der Waals surface area contributed by atoms with E-state index in [1.54, 1.807) is 12.1 Å². The van der Waals surface area contributed by atoms with Crippen LogP contribution >= 0.6 is 27.5 Å². The van der Waals surface area contributed by atoms with Crippen LogP contribution in [0.15, 0.2) is 16.6 Å². The van der Waals surface area contributed by atoms with Crippen LogP contribution < -0.4 is 0 Å². The second-order valence-corrected chi connectivity index (χ2v) is 7.44. The minimum atomic E-state index is -0.762. The van der Waals surface area contributed by atoms with Crippen molar-refractivity contribution in [1.29, 1.82) is 0 Å². The Morgan fingerprint density at radius 2 is 1.95 bits per heavy atom. The Bertz CT molecular complexity index is 465. The van der Waals surface area contributed by atoms with Crippen molar-refractivity contribution in [3.63, 3.8) is 0 Å². The molecule has 1 atom stereocenters. The third-order valence-corrected chi connectivity index (χ3v) is 5.47. The lowest BCUT2D eigenvalue weighted by atomic mass is 9.71. The molecule has 0 aromatic heterocycles. The molecule has 0 saturated heterocycles. The molecule has 4 heteroatoms. The molecule has 1 unspecified atom stereocenters. The normalized spacial score (nSPS) is 21.4. The number of benzene rings is 1. The van der Waals surface area contributed by atoms with E-state index in [2.05, 4.69) is 29.8 Å². The molecule has 1 aromatic rings. The Labute approximate surface area is 127 Å². The van der Waals surface area contributed by atoms with E-state index in [0.29, 0.717) is 15.5 Å². The molecule has 0 aliphatic heterocycles. The van der Waals surface area contributed by atoms with Gasteiger partial charge in [-0.05, 0) is 59.0 Å². The van der Waals surface area contributed by atoms with Crippen molar-refractivity contribution >= 4 is 27.5 Å². The third-order valence-electron chi connectivity index (χ3n) is 4.21. The topological polar surface area (TPSA) is 20.2 Å². The molecule has 1 saturated carbocycles. The maximum absolute atomic E-state index is 14.1. The molecular formula is C15H19BrClFO. The summed E-state index contributed by atoms with van der Waals surface area (Å²) in [7, 11) is 0. The fourth-order valence-corrected chi connectivity index (χ4v) is 3.24. The van der Waals surface area contributed by atoms with Gasteiger partial charge < -0.3 is 5.11 Å². The van der Waals surface area contributed by atoms with E-state index in [4.69, 9.17) is 11.6 Å². The molecule has 1 nitrogen and oxygen atoms in total. The zero-order chi connectivity index (χ0) is 14.2. The highest BCUT2D eigenvalue weighted by Gasteiger charge is 2.32. The Morgan fingerprint density at radius 3 is 2.53 bits per heavy atom. The first-order valence-corrected chi connectivity index (χ1v) is 7.80. The first-order chi connectivity index (χ1) is 8.82. The summed E-state index contributed by atoms with van der Waals surface area (Å²) in [4.78, 5) is 0. The lowest BCUT2D eigenvalue weighted by Gasteiger charge is -2.36. The number of hydrogen-bond donors (Lipinski definition) is 1. The molecular weight excluding hydrogens is 331 g/mol. The number of rotatable bonds is 2. The second-order valence-electron chi connectivity index (χ2n) is 6.21. The molecule has 1 fully saturated rings. The number of aliphatic hydroxyl groups is 1. The molecule has 106 valence electrons. The smallest absolute Gasteiger partial charge is 0.148 e. The summed E-state index contributed by atoms with van der Waals surface area (Å²) in [6.07, 6.45) is 3.24. The largest absolute Gasteiger partial charge is 0.388 e. The SMILES string of the molecule is CC1(C)CCC(C(O)c2ccc(Br)c(Cl)c2F)CC1. The molecule has 19 heavy (non-hydrogen) atoms. The zero-order valence-electron chi connectivity index (χ0n) is 11.2. The minimum absolute atomic E-state index is 0.0488. The van der Waals surface area contributed by atoms with Crippen molar-refractivity contribution in [3.05, 3.63) is 33.0 Å². The average molecular weight is 350 g/mol. The zero-order valence-corrected chi connectivity index (χ0v) is 13.6. The first kappa shape index (κ1) is 15.3. The molecule has 1 aliphatic carbocycles. The predicted octanol–water partition coefficient (Wildman–Crippen LogP) is 5.49. The van der Waals surface area contributed by atoms with Gasteiger partial charge in [0.05, 0.1) is 11.1 Å². The van der Waals surface area contributed by atoms with Gasteiger partial charge in [-0.2, -0.15) is 0 Å². The first-order valence-electron chi connectivity index (χ1n) is 6.63. The van der Waals surface area contributed by atoms with Gasteiger partial charge in [0.1, 0.15) is 5.82 Å². The minimum Gasteiger partial charge on any atom is -0.388 e. The fourth-order valence-electron chi connectivity index (χ4n) is 2.76. The van der Waals surface area contributed by atoms with Gasteiger partial charge in [0, 0.05) is 10.0 Å². The maximum Gasteiger partial charge on any atom is 0.148 e. The molecule has 1 aliphatic rings. The lowest BCUT2D eigenvalue weighted by Crippen LogP contribution is -2.25. The quantitative estimate of drug-likeness (QED) is 0.700. The van der Waals surface area contributed by atoms with E-state index in [0.717, 1.165) is 25.7 Å². The summed E-state index contributed by atoms with van der Waals surface area (Å²) < 4.78 is 14.6. The summed E-state index contributed by atoms with van der Waals surface area (Å²) in [5, 5.41) is 10.4. The van der Waals surface area contributed by atoms with Gasteiger partial charge in [-0.3, -0.25) is 0 Å². The highest BCUT2D eigenvalue weighted by Crippen LogP contribution is 2.44. The molecule has 0 spiro atoms. The number of aliphatic hydroxyl groups excluding tert-OH is 1. The monoisotopic (exact) mass is 348 g/mol. The standard InChI is InChI=1S/C15H19BrClFO/c1-15(2)7-5-9(6-8-15)14(19)10-3-4-11(16)12(17)13(10)18/h3-4,9,14,19H,5-8H2,1-2H3. The second kappa shape index (κ2) is 5.71. The number of hydrogen-bond acceptors (Lipinski definition) is 1. The fraction of sp³-hybridized carbons (Fsp3) is 0.600. The van der Waals surface area contributed by atoms with Crippen LogP contribution in [0.5, 0.6) is 0 Å². The van der Waals surface area contributed by atoms with Gasteiger partial charge in [-0.15, -0.1) is 0 Å². The van der Waals surface area contributed by atoms with E-state index in [9.17, 15) is 9.50 Å². The predicted molar refractivity (Wildman–Crippen MR) is 79.8 cm³/mol. The van der Waals surface area contributed by atoms with Crippen molar-refractivity contribution < 1.29 is 9.50 Å². The van der Waals surface area contributed by atoms with Crippen molar-refractivity contribution in [2.45, 2.75) is 45.6 Å². The van der Waals surface area contributed by atoms with Gasteiger partial charge in [0.25, 0.3) is 0 Å². The van der Waals surface area contributed by atoms with Crippen molar-refractivity contribution in [2.75, 3.05) is 0 Å². The maximum atomic E-state index is 14.1. The molecule has 0 radical (unpaired) electrons. The van der Waals surface area contributed by atoms with Crippen molar-refractivity contribution in [3.8, 4) is 0 Å². The van der Waals surface area contributed by atoms with Gasteiger partial charge in [0.15, 0.2) is 0 Å². The van der Waals surface area contributed by atoms with E-state index < -0.39 is 11.9 Å². The molecule has 1 N–H and O–H groups in total. The van der Waals surface area contributed by atoms with Crippen LogP contribution in [0, 0.1) is 17.2 Å². The van der Waals surface area contributed by atoms with E-state index >= 15 is 0 Å². The summed E-state index contributed by atoms with van der Waals surface area (Å²) >= 11 is 9.06. The molecule has 2 rings (SSSR count). The van der Waals surface area contributed by atoms with Crippen LogP contribution in [-0.2, 0) is 0 Å². The summed E-state index contributed by atoms with van der Waals surface area (Å²) in [6, 6.07) is 3.31. The highest BCUT2D eigenvalue weighted by molar-refractivity contribution is 9.10. The highest BCUT2D eigenvalue weighted by atomic mass is 79.9. The third kappa shape index (κ3) is 3.32. The van der Waals surface area contributed by atoms with Crippen molar-refractivity contribution in [1.82, 2.24) is 0 Å². The van der Waals surface area contributed by atoms with Crippen LogP contribution in [0.4, 0.5) is 4.39 Å². The Kier molecular flexibility index (Phi) is 4.59. The average Bonchev–Trinajstić information content (AvgIpc) is 2.35. The van der Waals surface area contributed by atoms with Crippen molar-refractivity contribution in [2.24, 2.45) is 11.3 Å². The summed E-state index contributed by atoms with van der Waals surface area (Å²) in [6.45, 7) is 4.49. The van der Waals surface area contributed by atoms with Crippen LogP contribution in [0.2, 0.25) is 5.02 Å². The van der Waals surface area contributed by atoms with Gasteiger partial charge >= 0.3 is 0 Å². The van der Waals surface area contributed by atoms with Crippen LogP contribution in [0.1, 0.15) is 51.2 Å². The molecule has 1 aromatic carbocycles. The Morgan fingerprint density at radius 1 is 1.37 bits per heavy atom. The molecule has 0 amide bonds. The van der Waals surface area contributed by atoms with Crippen LogP contribution in [0.25, 0.3) is 0 Å². The van der Waals surface area contributed by atoms with Gasteiger partial charge in [-0.1, -0.05) is 31.5 Å². The van der Waals surface area contributed by atoms with E-state index in [-0.39, 0.29) is 10.9 Å². The molecule has 0 bridgehead atoms. The van der Waals surface area contributed by atoms with Gasteiger partial charge in [-0.25, -0.2) is 4.39 Å². The Balaban J connectivity index is 2.17. The summed E-state index contributed by atoms with van der Waals surface area (Å²) in [5.41, 5.74) is 0.657. The lowest BCUT2D eigenvalue weighted by molar-refractivity contribution is 0.0543. The van der Waals surface area contributed by atoms with E-state index in [1.165, 1.54) is 0 Å².